The molecule has 0 aliphatic heterocycles. The number of nitrogens with zero attached hydrogens (tertiary/aromatic N) is 1. The van der Waals surface area contributed by atoms with Crippen molar-refractivity contribution in [2.75, 3.05) is 13.2 Å². The first-order valence-corrected chi connectivity index (χ1v) is 14.1. The molecule has 4 heteroatoms. The van der Waals surface area contributed by atoms with Gasteiger partial charge in [-0.1, -0.05) is 45.0 Å². The molecule has 192 valence electrons. The molecule has 3 N–H and O–H groups in total. The van der Waals surface area contributed by atoms with E-state index in [1.165, 1.54) is 37.7 Å². The minimum atomic E-state index is -0.421. The maximum atomic E-state index is 10.7. The van der Waals surface area contributed by atoms with Gasteiger partial charge in [0.1, 0.15) is 0 Å². The van der Waals surface area contributed by atoms with E-state index in [4.69, 9.17) is 0 Å². The van der Waals surface area contributed by atoms with Gasteiger partial charge in [-0.25, -0.2) is 0 Å². The maximum Gasteiger partial charge on any atom is 0.0655 e. The Bertz CT molecular complexity index is 884. The molecule has 5 rings (SSSR count). The van der Waals surface area contributed by atoms with E-state index in [9.17, 15) is 15.4 Å². The third kappa shape index (κ3) is 2.82. The van der Waals surface area contributed by atoms with Crippen molar-refractivity contribution in [1.29, 1.82) is 0 Å². The Labute approximate surface area is 207 Å². The Kier molecular flexibility index (Phi) is 5.70. The lowest BCUT2D eigenvalue weighted by molar-refractivity contribution is -0.233. The molecule has 5 aliphatic rings. The average molecular weight is 472 g/mol. The molecule has 4 nitrogen and oxygen atoms in total. The van der Waals surface area contributed by atoms with Gasteiger partial charge in [-0.15, -0.1) is 0 Å². The SMILES string of the molecule is C=C(C)[C@@H]1CC[C@]2(CO)CC[C@]3(C)[C@H](CC[C@@H]4[C@@]5(C)CC/C(=N/O)[C@@](C)(CO)[C@@H]5CC[C@]43C)[C@@H]12. The van der Waals surface area contributed by atoms with Gasteiger partial charge in [-0.05, 0) is 122 Å². The van der Waals surface area contributed by atoms with Gasteiger partial charge in [-0.3, -0.25) is 0 Å². The Morgan fingerprint density at radius 1 is 0.882 bits per heavy atom. The van der Waals surface area contributed by atoms with Gasteiger partial charge in [0.2, 0.25) is 0 Å². The summed E-state index contributed by atoms with van der Waals surface area (Å²) in [5, 5.41) is 34.6. The molecule has 5 saturated carbocycles. The van der Waals surface area contributed by atoms with Crippen molar-refractivity contribution in [3.8, 4) is 0 Å². The minimum Gasteiger partial charge on any atom is -0.411 e. The number of allylic oxidation sites excluding steroid dienone is 1. The average Bonchev–Trinajstić information content (AvgIpc) is 3.20. The maximum absolute atomic E-state index is 10.7. The molecule has 0 saturated heterocycles. The van der Waals surface area contributed by atoms with Crippen LogP contribution in [0.2, 0.25) is 0 Å². The van der Waals surface area contributed by atoms with E-state index in [2.05, 4.69) is 46.4 Å². The quantitative estimate of drug-likeness (QED) is 0.252. The zero-order valence-electron chi connectivity index (χ0n) is 22.4. The molecule has 0 bridgehead atoms. The van der Waals surface area contributed by atoms with Crippen molar-refractivity contribution < 1.29 is 15.4 Å². The van der Waals surface area contributed by atoms with Gasteiger partial charge in [-0.2, -0.15) is 0 Å². The molecule has 34 heavy (non-hydrogen) atoms. The van der Waals surface area contributed by atoms with E-state index in [0.29, 0.717) is 36.2 Å². The summed E-state index contributed by atoms with van der Waals surface area (Å²) in [6.07, 6.45) is 11.4. The van der Waals surface area contributed by atoms with E-state index >= 15 is 0 Å². The van der Waals surface area contributed by atoms with E-state index in [1.54, 1.807) is 0 Å². The second-order valence-corrected chi connectivity index (χ2v) is 14.3. The molecule has 0 aromatic carbocycles. The lowest BCUT2D eigenvalue weighted by atomic mass is 9.32. The zero-order chi connectivity index (χ0) is 24.7. The Hall–Kier alpha value is -0.870. The normalized spacial score (nSPS) is 55.7. The number of hydrogen-bond acceptors (Lipinski definition) is 4. The predicted molar refractivity (Wildman–Crippen MR) is 137 cm³/mol. The van der Waals surface area contributed by atoms with Gasteiger partial charge in [0.05, 0.1) is 12.3 Å². The van der Waals surface area contributed by atoms with Gasteiger partial charge in [0, 0.05) is 12.0 Å². The number of rotatable bonds is 3. The summed E-state index contributed by atoms with van der Waals surface area (Å²) >= 11 is 0. The van der Waals surface area contributed by atoms with Crippen LogP contribution in [0.5, 0.6) is 0 Å². The highest BCUT2D eigenvalue weighted by atomic mass is 16.4. The molecular formula is C30H49NO3. The Balaban J connectivity index is 1.55. The molecule has 0 aromatic rings. The van der Waals surface area contributed by atoms with Crippen LogP contribution in [-0.2, 0) is 0 Å². The van der Waals surface area contributed by atoms with Crippen molar-refractivity contribution in [2.24, 2.45) is 61.8 Å². The molecule has 0 amide bonds. The smallest absolute Gasteiger partial charge is 0.0655 e. The number of aliphatic hydroxyl groups excluding tert-OH is 2. The second-order valence-electron chi connectivity index (χ2n) is 14.3. The van der Waals surface area contributed by atoms with Gasteiger partial charge in [0.15, 0.2) is 0 Å². The number of aliphatic hydroxyl groups is 2. The lowest BCUT2D eigenvalue weighted by Crippen LogP contribution is -2.67. The van der Waals surface area contributed by atoms with E-state index in [0.717, 1.165) is 37.8 Å². The van der Waals surface area contributed by atoms with Gasteiger partial charge in [0.25, 0.3) is 0 Å². The zero-order valence-corrected chi connectivity index (χ0v) is 22.4. The van der Waals surface area contributed by atoms with Crippen molar-refractivity contribution in [3.63, 3.8) is 0 Å². The highest BCUT2D eigenvalue weighted by Crippen LogP contribution is 2.77. The van der Waals surface area contributed by atoms with Crippen molar-refractivity contribution in [1.82, 2.24) is 0 Å². The summed E-state index contributed by atoms with van der Waals surface area (Å²) in [6, 6.07) is 0. The summed E-state index contributed by atoms with van der Waals surface area (Å²) in [4.78, 5) is 0. The topological polar surface area (TPSA) is 73.1 Å². The second kappa shape index (κ2) is 7.81. The summed E-state index contributed by atoms with van der Waals surface area (Å²) in [7, 11) is 0. The highest BCUT2D eigenvalue weighted by molar-refractivity contribution is 5.91. The molecular weight excluding hydrogens is 422 g/mol. The minimum absolute atomic E-state index is 0.0668. The van der Waals surface area contributed by atoms with Crippen LogP contribution in [0.3, 0.4) is 0 Å². The van der Waals surface area contributed by atoms with E-state index < -0.39 is 5.41 Å². The van der Waals surface area contributed by atoms with Crippen molar-refractivity contribution >= 4 is 5.71 Å². The van der Waals surface area contributed by atoms with Gasteiger partial charge >= 0.3 is 0 Å². The monoisotopic (exact) mass is 471 g/mol. The largest absolute Gasteiger partial charge is 0.411 e. The number of hydrogen-bond donors (Lipinski definition) is 3. The predicted octanol–water partition coefficient (Wildman–Crippen LogP) is 6.44. The van der Waals surface area contributed by atoms with Crippen LogP contribution in [0.1, 0.15) is 98.8 Å². The number of oxime groups is 1. The first-order valence-electron chi connectivity index (χ1n) is 14.1. The highest BCUT2D eigenvalue weighted by Gasteiger charge is 2.71. The van der Waals surface area contributed by atoms with Crippen LogP contribution in [0, 0.1) is 56.7 Å². The van der Waals surface area contributed by atoms with Crippen LogP contribution in [0.25, 0.3) is 0 Å². The third-order valence-corrected chi connectivity index (χ3v) is 13.6. The van der Waals surface area contributed by atoms with Crippen LogP contribution in [-0.4, -0.2) is 34.3 Å². The first kappa shape index (κ1) is 24.8. The van der Waals surface area contributed by atoms with Crippen LogP contribution in [0.4, 0.5) is 0 Å². The third-order valence-electron chi connectivity index (χ3n) is 13.6. The standard InChI is InChI=1S/C30H49NO3/c1-19(2)20-9-14-30(18-33)16-15-28(5)21(25(20)30)7-8-23-26(3)12-11-24(31-34)27(4,17-32)22(26)10-13-29(23,28)6/h20-23,25,32-34H,1,7-18H2,2-6H3/b31-24-/t20-,21+,22+,23+,25+,26-,27-,28+,29+,30+/m0/s1. The summed E-state index contributed by atoms with van der Waals surface area (Å²) < 4.78 is 0. The lowest BCUT2D eigenvalue weighted by Gasteiger charge is -2.72. The van der Waals surface area contributed by atoms with Crippen LogP contribution >= 0.6 is 0 Å². The molecule has 5 fully saturated rings. The first-order chi connectivity index (χ1) is 16.0. The molecule has 0 spiro atoms. The molecule has 10 atom stereocenters. The molecule has 0 heterocycles. The summed E-state index contributed by atoms with van der Waals surface area (Å²) in [5.41, 5.74) is 2.50. The van der Waals surface area contributed by atoms with Crippen LogP contribution < -0.4 is 0 Å². The molecule has 5 aliphatic carbocycles. The Morgan fingerprint density at radius 2 is 1.62 bits per heavy atom. The van der Waals surface area contributed by atoms with Crippen molar-refractivity contribution in [2.45, 2.75) is 98.8 Å². The van der Waals surface area contributed by atoms with Crippen molar-refractivity contribution in [3.05, 3.63) is 12.2 Å². The Morgan fingerprint density at radius 3 is 2.24 bits per heavy atom. The van der Waals surface area contributed by atoms with E-state index in [1.807, 2.05) is 0 Å². The fraction of sp³-hybridized carbons (Fsp3) is 0.900. The van der Waals surface area contributed by atoms with Gasteiger partial charge < -0.3 is 15.4 Å². The summed E-state index contributed by atoms with van der Waals surface area (Å²) in [5.74, 6) is 2.76. The van der Waals surface area contributed by atoms with Crippen LogP contribution in [0.15, 0.2) is 17.3 Å². The molecule has 0 radical (unpaired) electrons. The molecule has 0 unspecified atom stereocenters. The summed E-state index contributed by atoms with van der Waals surface area (Å²) in [6.45, 7) is 17.0. The van der Waals surface area contributed by atoms with E-state index in [-0.39, 0.29) is 28.3 Å². The molecule has 0 aromatic heterocycles. The number of fused-ring (bicyclic) bond motifs is 7. The fourth-order valence-corrected chi connectivity index (χ4v) is 11.6. The fourth-order valence-electron chi connectivity index (χ4n) is 11.6.